The molecule has 1 aliphatic rings. The highest BCUT2D eigenvalue weighted by Crippen LogP contribution is 2.37. The first-order chi connectivity index (χ1) is 14.1. The van der Waals surface area contributed by atoms with Crippen molar-refractivity contribution in [2.45, 2.75) is 24.8 Å². The summed E-state index contributed by atoms with van der Waals surface area (Å²) < 4.78 is 5.66. The van der Waals surface area contributed by atoms with Gasteiger partial charge in [0.15, 0.2) is 0 Å². The van der Waals surface area contributed by atoms with Crippen molar-refractivity contribution in [3.8, 4) is 11.4 Å². The van der Waals surface area contributed by atoms with Gasteiger partial charge in [-0.15, -0.1) is 11.8 Å². The van der Waals surface area contributed by atoms with Gasteiger partial charge >= 0.3 is 6.03 Å². The molecule has 3 aromatic rings. The third-order valence-corrected chi connectivity index (χ3v) is 5.79. The van der Waals surface area contributed by atoms with Crippen LogP contribution in [0.1, 0.15) is 31.3 Å². The monoisotopic (exact) mass is 406 g/mol. The Bertz CT molecular complexity index is 1040. The lowest BCUT2D eigenvalue weighted by Crippen LogP contribution is -2.45. The van der Waals surface area contributed by atoms with E-state index in [-0.39, 0.29) is 12.1 Å². The minimum atomic E-state index is -0.348. The van der Waals surface area contributed by atoms with E-state index in [0.29, 0.717) is 18.3 Å². The Hall–Kier alpha value is -3.06. The van der Waals surface area contributed by atoms with Crippen molar-refractivity contribution < 1.29 is 9.32 Å². The summed E-state index contributed by atoms with van der Waals surface area (Å²) in [4.78, 5) is 20.1. The molecule has 6 nitrogen and oxygen atoms in total. The predicted molar refractivity (Wildman–Crippen MR) is 114 cm³/mol. The van der Waals surface area contributed by atoms with Crippen LogP contribution in [0.25, 0.3) is 17.0 Å². The van der Waals surface area contributed by atoms with Crippen LogP contribution in [-0.2, 0) is 0 Å². The Labute approximate surface area is 174 Å². The first-order valence-corrected chi connectivity index (χ1v) is 10.7. The number of hydrogen-bond donors (Lipinski definition) is 1. The van der Waals surface area contributed by atoms with Crippen LogP contribution in [0, 0.1) is 0 Å². The van der Waals surface area contributed by atoms with Gasteiger partial charge < -0.3 is 9.84 Å². The number of carbonyl (C=O) groups is 1. The number of hydrogen-bond acceptors (Lipinski definition) is 5. The third-order valence-electron chi connectivity index (χ3n) is 5.05. The Morgan fingerprint density at radius 2 is 1.86 bits per heavy atom. The van der Waals surface area contributed by atoms with E-state index in [1.807, 2.05) is 74.7 Å². The van der Waals surface area contributed by atoms with Crippen molar-refractivity contribution in [3.63, 3.8) is 0 Å². The molecule has 0 spiro atoms. The summed E-state index contributed by atoms with van der Waals surface area (Å²) in [5.74, 6) is 0.943. The number of rotatable bonds is 5. The van der Waals surface area contributed by atoms with Crippen LogP contribution in [0.5, 0.6) is 0 Å². The first kappa shape index (κ1) is 19.3. The molecule has 0 fully saturated rings. The van der Waals surface area contributed by atoms with E-state index in [4.69, 9.17) is 4.52 Å². The Balaban J connectivity index is 1.78. The molecular weight excluding hydrogens is 384 g/mol. The van der Waals surface area contributed by atoms with Gasteiger partial charge in [0.1, 0.15) is 0 Å². The molecule has 0 bridgehead atoms. The van der Waals surface area contributed by atoms with Crippen molar-refractivity contribution in [1.29, 1.82) is 0 Å². The molecule has 1 aromatic heterocycles. The van der Waals surface area contributed by atoms with Gasteiger partial charge in [-0.05, 0) is 49.9 Å². The molecule has 148 valence electrons. The highest BCUT2D eigenvalue weighted by Gasteiger charge is 2.35. The quantitative estimate of drug-likeness (QED) is 0.605. The number of urea groups is 1. The summed E-state index contributed by atoms with van der Waals surface area (Å²) >= 11 is 1.68. The number of nitrogens with one attached hydrogen (secondary N) is 1. The lowest BCUT2D eigenvalue weighted by Gasteiger charge is -2.34. The molecule has 1 aliphatic heterocycles. The van der Waals surface area contributed by atoms with Gasteiger partial charge in [-0.25, -0.2) is 4.79 Å². The maximum Gasteiger partial charge on any atom is 0.322 e. The SMILES string of the molecule is CCN1C(=O)NC(c2ccccc2)C(c2nc(-c3ccc(SC)cc3)no2)=C1C. The van der Waals surface area contributed by atoms with Crippen molar-refractivity contribution in [1.82, 2.24) is 20.4 Å². The van der Waals surface area contributed by atoms with Crippen LogP contribution in [-0.4, -0.2) is 33.9 Å². The maximum atomic E-state index is 12.6. The van der Waals surface area contributed by atoms with Gasteiger partial charge in [-0.1, -0.05) is 35.5 Å². The van der Waals surface area contributed by atoms with Gasteiger partial charge in [0, 0.05) is 22.7 Å². The van der Waals surface area contributed by atoms with E-state index in [0.717, 1.165) is 22.4 Å². The van der Waals surface area contributed by atoms with E-state index in [1.165, 1.54) is 4.90 Å². The maximum absolute atomic E-state index is 12.6. The Morgan fingerprint density at radius 1 is 1.14 bits per heavy atom. The normalized spacial score (nSPS) is 16.9. The summed E-state index contributed by atoms with van der Waals surface area (Å²) in [5.41, 5.74) is 3.49. The van der Waals surface area contributed by atoms with Crippen LogP contribution in [0.2, 0.25) is 0 Å². The fourth-order valence-electron chi connectivity index (χ4n) is 3.52. The zero-order chi connectivity index (χ0) is 20.4. The number of allylic oxidation sites excluding steroid dienone is 1. The largest absolute Gasteiger partial charge is 0.334 e. The molecular formula is C22H22N4O2S. The number of benzene rings is 2. The lowest BCUT2D eigenvalue weighted by atomic mass is 9.95. The first-order valence-electron chi connectivity index (χ1n) is 9.44. The number of amides is 2. The summed E-state index contributed by atoms with van der Waals surface area (Å²) in [6, 6.07) is 17.4. The smallest absolute Gasteiger partial charge is 0.322 e. The minimum Gasteiger partial charge on any atom is -0.334 e. The van der Waals surface area contributed by atoms with Gasteiger partial charge in [0.05, 0.1) is 11.6 Å². The fraction of sp³-hybridized carbons (Fsp3) is 0.227. The molecule has 0 aliphatic carbocycles. The number of nitrogens with zero attached hydrogens (tertiary/aromatic N) is 3. The molecule has 1 atom stereocenters. The molecule has 2 aromatic carbocycles. The second-order valence-electron chi connectivity index (χ2n) is 6.69. The second-order valence-corrected chi connectivity index (χ2v) is 7.57. The van der Waals surface area contributed by atoms with Crippen LogP contribution in [0.3, 0.4) is 0 Å². The Morgan fingerprint density at radius 3 is 2.52 bits per heavy atom. The summed E-state index contributed by atoms with van der Waals surface area (Å²) in [7, 11) is 0. The van der Waals surface area contributed by atoms with Crippen molar-refractivity contribution >= 4 is 23.4 Å². The van der Waals surface area contributed by atoms with E-state index < -0.39 is 0 Å². The summed E-state index contributed by atoms with van der Waals surface area (Å²) in [6.07, 6.45) is 2.04. The van der Waals surface area contributed by atoms with Crippen molar-refractivity contribution in [2.24, 2.45) is 0 Å². The van der Waals surface area contributed by atoms with Crippen molar-refractivity contribution in [2.75, 3.05) is 12.8 Å². The zero-order valence-corrected chi connectivity index (χ0v) is 17.4. The summed E-state index contributed by atoms with van der Waals surface area (Å²) in [6.45, 7) is 4.42. The number of thioether (sulfide) groups is 1. The molecule has 0 radical (unpaired) electrons. The van der Waals surface area contributed by atoms with E-state index >= 15 is 0 Å². The van der Waals surface area contributed by atoms with Gasteiger partial charge in [-0.3, -0.25) is 4.90 Å². The third kappa shape index (κ3) is 3.65. The minimum absolute atomic E-state index is 0.130. The highest BCUT2D eigenvalue weighted by atomic mass is 32.2. The molecule has 0 saturated carbocycles. The average molecular weight is 407 g/mol. The molecule has 29 heavy (non-hydrogen) atoms. The second kappa shape index (κ2) is 8.13. The molecule has 2 amide bonds. The fourth-order valence-corrected chi connectivity index (χ4v) is 3.93. The van der Waals surface area contributed by atoms with E-state index in [2.05, 4.69) is 15.5 Å². The molecule has 2 heterocycles. The van der Waals surface area contributed by atoms with Crippen LogP contribution in [0.4, 0.5) is 4.79 Å². The number of carbonyl (C=O) groups excluding carboxylic acids is 1. The topological polar surface area (TPSA) is 71.3 Å². The molecule has 1 N–H and O–H groups in total. The lowest BCUT2D eigenvalue weighted by molar-refractivity contribution is 0.207. The van der Waals surface area contributed by atoms with E-state index in [9.17, 15) is 4.79 Å². The number of aromatic nitrogens is 2. The van der Waals surface area contributed by atoms with E-state index in [1.54, 1.807) is 16.7 Å². The zero-order valence-electron chi connectivity index (χ0n) is 16.5. The molecule has 7 heteroatoms. The van der Waals surface area contributed by atoms with Crippen LogP contribution >= 0.6 is 11.8 Å². The molecule has 0 saturated heterocycles. The van der Waals surface area contributed by atoms with Crippen molar-refractivity contribution in [3.05, 3.63) is 71.7 Å². The van der Waals surface area contributed by atoms with Gasteiger partial charge in [0.2, 0.25) is 5.82 Å². The Kier molecular flexibility index (Phi) is 5.40. The van der Waals surface area contributed by atoms with Crippen LogP contribution in [0.15, 0.2) is 69.7 Å². The van der Waals surface area contributed by atoms with Crippen LogP contribution < -0.4 is 5.32 Å². The summed E-state index contributed by atoms with van der Waals surface area (Å²) in [5, 5.41) is 7.27. The average Bonchev–Trinajstić information content (AvgIpc) is 3.24. The highest BCUT2D eigenvalue weighted by molar-refractivity contribution is 7.98. The predicted octanol–water partition coefficient (Wildman–Crippen LogP) is 4.98. The molecule has 1 unspecified atom stereocenters. The van der Waals surface area contributed by atoms with Gasteiger partial charge in [-0.2, -0.15) is 4.98 Å². The van der Waals surface area contributed by atoms with Gasteiger partial charge in [0.25, 0.3) is 5.89 Å². The molecule has 4 rings (SSSR count). The standard InChI is InChI=1S/C22H22N4O2S/c1-4-26-14(2)18(19(23-22(26)27)15-8-6-5-7-9-15)21-24-20(25-28-21)16-10-12-17(29-3)13-11-16/h5-13,19H,4H2,1-3H3,(H,23,27).